The molecule has 4 aromatic rings. The Labute approximate surface area is 155 Å². The van der Waals surface area contributed by atoms with Crippen molar-refractivity contribution in [3.63, 3.8) is 0 Å². The van der Waals surface area contributed by atoms with Crippen molar-refractivity contribution in [3.8, 4) is 11.3 Å². The number of aromatic nitrogens is 2. The minimum Gasteiger partial charge on any atom is -0.426 e. The van der Waals surface area contributed by atoms with Gasteiger partial charge >= 0.3 is 0 Å². The Morgan fingerprint density at radius 2 is 1.45 bits per heavy atom. The van der Waals surface area contributed by atoms with Gasteiger partial charge in [0.15, 0.2) is 0 Å². The molecule has 0 N–H and O–H groups in total. The van der Waals surface area contributed by atoms with E-state index in [1.165, 1.54) is 0 Å². The van der Waals surface area contributed by atoms with Crippen molar-refractivity contribution in [1.29, 1.82) is 0 Å². The second kappa shape index (κ2) is 8.62. The molecular formula is C19H14N2Y-2. The number of nitrogens with zero attached hydrogens (tertiary/aromatic N) is 2. The van der Waals surface area contributed by atoms with E-state index in [0.717, 1.165) is 16.9 Å². The number of imidazole rings is 1. The SMILES string of the molecule is [Y].[c-]1c(-c2ccccc2)nc2ccccn12.[c-]1ccccc1. The minimum absolute atomic E-state index is 0. The van der Waals surface area contributed by atoms with Gasteiger partial charge in [-0.2, -0.15) is 36.4 Å². The fourth-order valence-electron chi connectivity index (χ4n) is 1.94. The first-order chi connectivity index (χ1) is 10.4. The van der Waals surface area contributed by atoms with Crippen molar-refractivity contribution in [1.82, 2.24) is 9.38 Å². The van der Waals surface area contributed by atoms with Crippen LogP contribution in [0.5, 0.6) is 0 Å². The van der Waals surface area contributed by atoms with Crippen LogP contribution < -0.4 is 0 Å². The molecule has 4 rings (SSSR count). The van der Waals surface area contributed by atoms with Crippen LogP contribution in [0.4, 0.5) is 0 Å². The number of pyridine rings is 1. The molecule has 22 heavy (non-hydrogen) atoms. The molecule has 2 heterocycles. The fraction of sp³-hybridized carbons (Fsp3) is 0. The van der Waals surface area contributed by atoms with E-state index in [2.05, 4.69) is 17.2 Å². The Balaban J connectivity index is 0.000000215. The Morgan fingerprint density at radius 1 is 0.773 bits per heavy atom. The molecule has 0 saturated heterocycles. The van der Waals surface area contributed by atoms with E-state index in [9.17, 15) is 0 Å². The number of fused-ring (bicyclic) bond motifs is 1. The molecule has 0 amide bonds. The standard InChI is InChI=1S/C13H9N2.C6H5.Y/c1-2-6-11(7-3-1)12-10-15-9-5-4-8-13(15)14-12;1-2-4-6-5-3-1;/h1-9H;1-5H;/q2*-1;. The number of hydrogen-bond acceptors (Lipinski definition) is 1. The molecule has 2 aromatic carbocycles. The van der Waals surface area contributed by atoms with Gasteiger partial charge in [0.2, 0.25) is 0 Å². The zero-order chi connectivity index (χ0) is 14.3. The van der Waals surface area contributed by atoms with E-state index in [1.807, 2.05) is 89.5 Å². The van der Waals surface area contributed by atoms with Crippen LogP contribution in [0.3, 0.4) is 0 Å². The quantitative estimate of drug-likeness (QED) is 0.464. The van der Waals surface area contributed by atoms with Crippen LogP contribution in [0.15, 0.2) is 85.1 Å². The van der Waals surface area contributed by atoms with Gasteiger partial charge in [-0.1, -0.05) is 60.3 Å². The van der Waals surface area contributed by atoms with Crippen LogP contribution >= 0.6 is 0 Å². The molecule has 0 spiro atoms. The van der Waals surface area contributed by atoms with Crippen molar-refractivity contribution >= 4 is 5.65 Å². The van der Waals surface area contributed by atoms with Crippen molar-refractivity contribution in [2.75, 3.05) is 0 Å². The van der Waals surface area contributed by atoms with Gasteiger partial charge in [-0.15, -0.1) is 0 Å². The van der Waals surface area contributed by atoms with Crippen molar-refractivity contribution < 1.29 is 32.7 Å². The van der Waals surface area contributed by atoms with E-state index in [1.54, 1.807) is 0 Å². The summed E-state index contributed by atoms with van der Waals surface area (Å²) in [5.41, 5.74) is 2.92. The monoisotopic (exact) mass is 359 g/mol. The fourth-order valence-corrected chi connectivity index (χ4v) is 1.94. The summed E-state index contributed by atoms with van der Waals surface area (Å²) in [4.78, 5) is 4.49. The van der Waals surface area contributed by atoms with Gasteiger partial charge in [0, 0.05) is 32.7 Å². The molecule has 0 saturated carbocycles. The average molecular weight is 359 g/mol. The molecule has 0 atom stereocenters. The summed E-state index contributed by atoms with van der Waals surface area (Å²) in [6.07, 6.45) is 5.17. The molecule has 0 aliphatic rings. The summed E-state index contributed by atoms with van der Waals surface area (Å²) in [5.74, 6) is 0. The van der Waals surface area contributed by atoms with Crippen molar-refractivity contribution in [3.05, 3.63) is 97.3 Å². The topological polar surface area (TPSA) is 17.3 Å². The number of rotatable bonds is 1. The second-order valence-corrected chi connectivity index (χ2v) is 4.44. The predicted molar refractivity (Wildman–Crippen MR) is 84.7 cm³/mol. The molecule has 105 valence electrons. The van der Waals surface area contributed by atoms with Crippen molar-refractivity contribution in [2.24, 2.45) is 0 Å². The molecule has 0 bridgehead atoms. The van der Waals surface area contributed by atoms with E-state index in [0.29, 0.717) is 0 Å². The molecular weight excluding hydrogens is 345 g/mol. The zero-order valence-electron chi connectivity index (χ0n) is 12.1. The predicted octanol–water partition coefficient (Wildman–Crippen LogP) is 4.29. The normalized spacial score (nSPS) is 9.45. The molecule has 2 nitrogen and oxygen atoms in total. The maximum absolute atomic E-state index is 4.49. The summed E-state index contributed by atoms with van der Waals surface area (Å²) in [6, 6.07) is 28.5. The largest absolute Gasteiger partial charge is 0.426 e. The van der Waals surface area contributed by atoms with Crippen LogP contribution in [0, 0.1) is 12.3 Å². The summed E-state index contributed by atoms with van der Waals surface area (Å²) in [6.45, 7) is 0. The summed E-state index contributed by atoms with van der Waals surface area (Å²) < 4.78 is 1.91. The molecule has 2 aromatic heterocycles. The van der Waals surface area contributed by atoms with Gasteiger partial charge in [0.25, 0.3) is 0 Å². The van der Waals surface area contributed by atoms with E-state index in [4.69, 9.17) is 0 Å². The van der Waals surface area contributed by atoms with Gasteiger partial charge in [-0.3, -0.25) is 4.98 Å². The molecule has 1 radical (unpaired) electrons. The van der Waals surface area contributed by atoms with E-state index in [-0.39, 0.29) is 32.7 Å². The third-order valence-electron chi connectivity index (χ3n) is 2.95. The summed E-state index contributed by atoms with van der Waals surface area (Å²) in [5, 5.41) is 0. The minimum atomic E-state index is 0. The smallest absolute Gasteiger partial charge is 0.0530 e. The Kier molecular flexibility index (Phi) is 6.51. The maximum Gasteiger partial charge on any atom is 0.0530 e. The van der Waals surface area contributed by atoms with Crippen LogP contribution in [-0.2, 0) is 32.7 Å². The number of hydrogen-bond donors (Lipinski definition) is 0. The summed E-state index contributed by atoms with van der Waals surface area (Å²) in [7, 11) is 0. The van der Waals surface area contributed by atoms with Crippen LogP contribution in [0.25, 0.3) is 16.9 Å². The Bertz CT molecular complexity index is 735. The van der Waals surface area contributed by atoms with E-state index < -0.39 is 0 Å². The van der Waals surface area contributed by atoms with Gasteiger partial charge < -0.3 is 4.40 Å². The Morgan fingerprint density at radius 3 is 2.05 bits per heavy atom. The third-order valence-corrected chi connectivity index (χ3v) is 2.95. The first-order valence-corrected chi connectivity index (χ1v) is 6.76. The molecule has 0 aliphatic carbocycles. The van der Waals surface area contributed by atoms with Crippen LogP contribution in [-0.4, -0.2) is 9.38 Å². The van der Waals surface area contributed by atoms with Crippen molar-refractivity contribution in [2.45, 2.75) is 0 Å². The molecule has 3 heteroatoms. The molecule has 0 unspecified atom stereocenters. The van der Waals surface area contributed by atoms with E-state index >= 15 is 0 Å². The van der Waals surface area contributed by atoms with Gasteiger partial charge in [-0.05, 0) is 11.9 Å². The summed E-state index contributed by atoms with van der Waals surface area (Å²) >= 11 is 0. The molecule has 0 aliphatic heterocycles. The maximum atomic E-state index is 4.49. The van der Waals surface area contributed by atoms with Gasteiger partial charge in [0.05, 0.1) is 5.65 Å². The second-order valence-electron chi connectivity index (χ2n) is 4.44. The first-order valence-electron chi connectivity index (χ1n) is 6.76. The van der Waals surface area contributed by atoms with Gasteiger partial charge in [0.1, 0.15) is 0 Å². The number of benzene rings is 2. The average Bonchev–Trinajstić information content (AvgIpc) is 3.02. The zero-order valence-corrected chi connectivity index (χ0v) is 14.9. The van der Waals surface area contributed by atoms with Gasteiger partial charge in [-0.25, -0.2) is 0 Å². The van der Waals surface area contributed by atoms with Crippen LogP contribution in [0.2, 0.25) is 0 Å². The molecule has 0 fully saturated rings. The third kappa shape index (κ3) is 4.36. The first kappa shape index (κ1) is 16.6. The van der Waals surface area contributed by atoms with Crippen LogP contribution in [0.1, 0.15) is 0 Å². The Hall–Kier alpha value is -1.77.